The second-order valence-corrected chi connectivity index (χ2v) is 12.1. The van der Waals surface area contributed by atoms with Crippen LogP contribution in [0.1, 0.15) is 81.1 Å². The van der Waals surface area contributed by atoms with E-state index in [0.29, 0.717) is 19.6 Å². The molecule has 0 aromatic heterocycles. The number of thiol groups is 1. The lowest BCUT2D eigenvalue weighted by molar-refractivity contribution is -0.125. The number of amides is 1. The van der Waals surface area contributed by atoms with Gasteiger partial charge in [0.15, 0.2) is 5.96 Å². The summed E-state index contributed by atoms with van der Waals surface area (Å²) >= 11 is 4.47. The fourth-order valence-electron chi connectivity index (χ4n) is 4.31. The number of nitrogens with zero attached hydrogens (tertiary/aromatic N) is 1. The minimum Gasteiger partial charge on any atom is -0.375 e. The molecule has 1 amide bonds. The van der Waals surface area contributed by atoms with Gasteiger partial charge in [-0.2, -0.15) is 12.6 Å². The lowest BCUT2D eigenvalue weighted by atomic mass is 9.79. The molecule has 0 bridgehead atoms. The van der Waals surface area contributed by atoms with Gasteiger partial charge in [0.05, 0.1) is 18.2 Å². The van der Waals surface area contributed by atoms with Crippen molar-refractivity contribution in [1.82, 2.24) is 16.0 Å². The molecule has 1 unspecified atom stereocenters. The Morgan fingerprint density at radius 2 is 1.66 bits per heavy atom. The summed E-state index contributed by atoms with van der Waals surface area (Å²) in [5.41, 5.74) is 5.54. The Hall–Kier alpha value is -0.990. The third-order valence-electron chi connectivity index (χ3n) is 5.35. The van der Waals surface area contributed by atoms with Gasteiger partial charge >= 0.3 is 0 Å². The molecule has 0 rings (SSSR count). The van der Waals surface area contributed by atoms with E-state index >= 15 is 0 Å². The smallest absolute Gasteiger partial charge is 0.237 e. The highest BCUT2D eigenvalue weighted by molar-refractivity contribution is 7.80. The Morgan fingerprint density at radius 1 is 1.06 bits per heavy atom. The molecule has 0 aromatic carbocycles. The van der Waals surface area contributed by atoms with Crippen molar-refractivity contribution in [1.29, 1.82) is 0 Å². The number of nitrogens with one attached hydrogen (secondary N) is 3. The summed E-state index contributed by atoms with van der Waals surface area (Å²) in [5, 5.41) is 9.28. The van der Waals surface area contributed by atoms with Crippen LogP contribution >= 0.6 is 12.6 Å². The topological polar surface area (TPSA) is 101 Å². The van der Waals surface area contributed by atoms with Gasteiger partial charge in [0, 0.05) is 26.2 Å². The van der Waals surface area contributed by atoms with E-state index in [0.717, 1.165) is 31.0 Å². The molecule has 0 aliphatic carbocycles. The quantitative estimate of drug-likeness (QED) is 0.115. The van der Waals surface area contributed by atoms with E-state index in [1.807, 2.05) is 20.9 Å². The molecule has 0 saturated heterocycles. The molecule has 0 aliphatic rings. The average Bonchev–Trinajstić information content (AvgIpc) is 2.64. The standard InChI is InChI=1S/C24H51N5O2S/c1-21(2,16-31-24(7,8)15-22(3,4)17-32)14-23(5,6)29-19(30)18(25)12-11-13-28-20(26-9)27-10/h18,32H,11-17,25H2,1-10H3,(H,29,30)(H2,26,27,28). The Balaban J connectivity index is 4.64. The number of aliphatic imine (C=N–C) groups is 1. The number of guanidine groups is 1. The van der Waals surface area contributed by atoms with Crippen LogP contribution in [-0.4, -0.2) is 62.0 Å². The van der Waals surface area contributed by atoms with Gasteiger partial charge in [-0.15, -0.1) is 0 Å². The maximum absolute atomic E-state index is 12.7. The van der Waals surface area contributed by atoms with Crippen molar-refractivity contribution in [2.45, 2.75) is 98.3 Å². The van der Waals surface area contributed by atoms with E-state index in [2.05, 4.69) is 75.1 Å². The second kappa shape index (κ2) is 13.0. The summed E-state index contributed by atoms with van der Waals surface area (Å²) < 4.78 is 6.34. The number of ether oxygens (including phenoxy) is 1. The Morgan fingerprint density at radius 3 is 2.16 bits per heavy atom. The molecule has 1 atom stereocenters. The number of carbonyl (C=O) groups is 1. The van der Waals surface area contributed by atoms with E-state index in [1.165, 1.54) is 0 Å². The second-order valence-electron chi connectivity index (χ2n) is 11.8. The van der Waals surface area contributed by atoms with Gasteiger partial charge < -0.3 is 26.4 Å². The van der Waals surface area contributed by atoms with Crippen molar-refractivity contribution in [3.8, 4) is 0 Å². The zero-order chi connectivity index (χ0) is 25.2. The van der Waals surface area contributed by atoms with Gasteiger partial charge in [0.1, 0.15) is 0 Å². The maximum Gasteiger partial charge on any atom is 0.237 e. The highest BCUT2D eigenvalue weighted by Crippen LogP contribution is 2.34. The predicted molar refractivity (Wildman–Crippen MR) is 141 cm³/mol. The molecule has 5 N–H and O–H groups in total. The summed E-state index contributed by atoms with van der Waals surface area (Å²) in [7, 11) is 3.53. The van der Waals surface area contributed by atoms with E-state index in [-0.39, 0.29) is 27.9 Å². The molecule has 0 aromatic rings. The predicted octanol–water partition coefficient (Wildman–Crippen LogP) is 3.34. The molecule has 32 heavy (non-hydrogen) atoms. The van der Waals surface area contributed by atoms with Gasteiger partial charge in [-0.1, -0.05) is 27.7 Å². The third-order valence-corrected chi connectivity index (χ3v) is 6.21. The van der Waals surface area contributed by atoms with Gasteiger partial charge in [0.2, 0.25) is 5.91 Å². The molecular weight excluding hydrogens is 422 g/mol. The van der Waals surface area contributed by atoms with E-state index < -0.39 is 6.04 Å². The minimum absolute atomic E-state index is 0.101. The fourth-order valence-corrected chi connectivity index (χ4v) is 4.42. The number of carbonyl (C=O) groups excluding carboxylic acids is 1. The largest absolute Gasteiger partial charge is 0.375 e. The summed E-state index contributed by atoms with van der Waals surface area (Å²) in [4.78, 5) is 16.7. The molecule has 0 aliphatic heterocycles. The molecular formula is C24H51N5O2S. The highest BCUT2D eigenvalue weighted by atomic mass is 32.1. The average molecular weight is 474 g/mol. The molecule has 0 radical (unpaired) electrons. The summed E-state index contributed by atoms with van der Waals surface area (Å²) in [6.07, 6.45) is 3.11. The Labute approximate surface area is 202 Å². The van der Waals surface area contributed by atoms with E-state index in [9.17, 15) is 4.79 Å². The monoisotopic (exact) mass is 473 g/mol. The first kappa shape index (κ1) is 31.0. The molecule has 190 valence electrons. The Kier molecular flexibility index (Phi) is 12.6. The van der Waals surface area contributed by atoms with Crippen LogP contribution in [0.3, 0.4) is 0 Å². The normalized spacial score (nSPS) is 14.8. The minimum atomic E-state index is -0.533. The van der Waals surface area contributed by atoms with Crippen LogP contribution in [0.2, 0.25) is 0 Å². The van der Waals surface area contributed by atoms with Gasteiger partial charge in [-0.05, 0) is 70.0 Å². The van der Waals surface area contributed by atoms with Gasteiger partial charge in [0.25, 0.3) is 0 Å². The van der Waals surface area contributed by atoms with Crippen LogP contribution in [0.4, 0.5) is 0 Å². The number of hydrogen-bond acceptors (Lipinski definition) is 5. The van der Waals surface area contributed by atoms with Crippen LogP contribution < -0.4 is 21.7 Å². The SMILES string of the molecule is CN=C(NC)NCCCC(N)C(=O)NC(C)(C)CC(C)(C)COC(C)(C)CC(C)(C)CS. The summed E-state index contributed by atoms with van der Waals surface area (Å²) in [6, 6.07) is -0.533. The first-order valence-electron chi connectivity index (χ1n) is 11.7. The van der Waals surface area contributed by atoms with Crippen LogP contribution in [0.15, 0.2) is 4.99 Å². The lowest BCUT2D eigenvalue weighted by Crippen LogP contribution is -2.52. The number of hydrogen-bond donors (Lipinski definition) is 5. The zero-order valence-electron chi connectivity index (χ0n) is 22.3. The van der Waals surface area contributed by atoms with Crippen LogP contribution in [0.5, 0.6) is 0 Å². The van der Waals surface area contributed by atoms with Crippen LogP contribution in [-0.2, 0) is 9.53 Å². The molecule has 0 spiro atoms. The summed E-state index contributed by atoms with van der Waals surface area (Å²) in [5.74, 6) is 1.44. The summed E-state index contributed by atoms with van der Waals surface area (Å²) in [6.45, 7) is 18.5. The highest BCUT2D eigenvalue weighted by Gasteiger charge is 2.34. The maximum atomic E-state index is 12.7. The van der Waals surface area contributed by atoms with Gasteiger partial charge in [-0.3, -0.25) is 9.79 Å². The number of nitrogens with two attached hydrogens (primary N) is 1. The van der Waals surface area contributed by atoms with Crippen molar-refractivity contribution >= 4 is 24.5 Å². The number of rotatable bonds is 14. The van der Waals surface area contributed by atoms with Crippen molar-refractivity contribution in [2.75, 3.05) is 33.0 Å². The van der Waals surface area contributed by atoms with Crippen molar-refractivity contribution < 1.29 is 9.53 Å². The van der Waals surface area contributed by atoms with E-state index in [4.69, 9.17) is 10.5 Å². The van der Waals surface area contributed by atoms with Crippen LogP contribution in [0.25, 0.3) is 0 Å². The van der Waals surface area contributed by atoms with Crippen molar-refractivity contribution in [2.24, 2.45) is 21.6 Å². The first-order chi connectivity index (χ1) is 14.5. The van der Waals surface area contributed by atoms with Crippen molar-refractivity contribution in [3.05, 3.63) is 0 Å². The molecule has 8 heteroatoms. The lowest BCUT2D eigenvalue weighted by Gasteiger charge is -2.40. The Bertz CT molecular complexity index is 603. The molecule has 7 nitrogen and oxygen atoms in total. The van der Waals surface area contributed by atoms with Crippen molar-refractivity contribution in [3.63, 3.8) is 0 Å². The first-order valence-corrected chi connectivity index (χ1v) is 12.3. The fraction of sp³-hybridized carbons (Fsp3) is 0.917. The van der Waals surface area contributed by atoms with E-state index in [1.54, 1.807) is 7.05 Å². The molecule has 0 heterocycles. The van der Waals surface area contributed by atoms with Gasteiger partial charge in [-0.25, -0.2) is 0 Å². The zero-order valence-corrected chi connectivity index (χ0v) is 23.2. The van der Waals surface area contributed by atoms with Crippen LogP contribution in [0, 0.1) is 10.8 Å². The molecule has 0 fully saturated rings. The molecule has 0 saturated carbocycles. The third kappa shape index (κ3) is 13.5.